The molecule has 2 aromatic rings. The van der Waals surface area contributed by atoms with Crippen molar-refractivity contribution in [2.45, 2.75) is 26.4 Å². The van der Waals surface area contributed by atoms with Gasteiger partial charge >= 0.3 is 0 Å². The van der Waals surface area contributed by atoms with E-state index in [0.29, 0.717) is 6.04 Å². The molecular weight excluding hydrogens is 278 g/mol. The van der Waals surface area contributed by atoms with Crippen molar-refractivity contribution in [2.75, 3.05) is 19.6 Å². The van der Waals surface area contributed by atoms with Gasteiger partial charge in [0.2, 0.25) is 0 Å². The number of aromatic nitrogens is 1. The van der Waals surface area contributed by atoms with Gasteiger partial charge in [0, 0.05) is 32.2 Å². The lowest BCUT2D eigenvalue weighted by Crippen LogP contribution is -2.49. The molecule has 1 atom stereocenters. The van der Waals surface area contributed by atoms with Gasteiger partial charge in [-0.2, -0.15) is 0 Å². The Bertz CT molecular complexity index is 555. The number of aryl methyl sites for hydroxylation is 1. The van der Waals surface area contributed by atoms with E-state index in [4.69, 9.17) is 0 Å². The van der Waals surface area contributed by atoms with Gasteiger partial charge in [-0.1, -0.05) is 6.07 Å². The van der Waals surface area contributed by atoms with Gasteiger partial charge in [0.25, 0.3) is 0 Å². The second kappa shape index (κ2) is 6.18. The molecule has 1 fully saturated rings. The van der Waals surface area contributed by atoms with Crippen molar-refractivity contribution in [3.05, 3.63) is 28.8 Å². The zero-order valence-corrected chi connectivity index (χ0v) is 13.0. The van der Waals surface area contributed by atoms with Crippen LogP contribution in [0.2, 0.25) is 0 Å². The third-order valence-electron chi connectivity index (χ3n) is 3.58. The van der Waals surface area contributed by atoms with E-state index in [2.05, 4.69) is 47.2 Å². The molecule has 3 nitrogen and oxygen atoms in total. The number of hydrogen-bond acceptors (Lipinski definition) is 4. The minimum Gasteiger partial charge on any atom is -0.314 e. The number of fused-ring (bicyclic) bond motifs is 1. The lowest BCUT2D eigenvalue weighted by molar-refractivity contribution is 0.166. The van der Waals surface area contributed by atoms with E-state index in [0.717, 1.165) is 36.7 Å². The molecule has 0 bridgehead atoms. The van der Waals surface area contributed by atoms with Crippen LogP contribution in [0.3, 0.4) is 0 Å². The Kier molecular flexibility index (Phi) is 4.79. The van der Waals surface area contributed by atoms with Crippen molar-refractivity contribution in [2.24, 2.45) is 0 Å². The number of hydrogen-bond donors (Lipinski definition) is 1. The largest absolute Gasteiger partial charge is 0.314 e. The number of piperazine rings is 1. The normalized spacial score (nSPS) is 20.4. The second-order valence-electron chi connectivity index (χ2n) is 5.06. The lowest BCUT2D eigenvalue weighted by Gasteiger charge is -2.33. The summed E-state index contributed by atoms with van der Waals surface area (Å²) in [6, 6.07) is 7.30. The molecule has 0 aliphatic carbocycles. The number of thiazole rings is 1. The molecule has 0 unspecified atom stereocenters. The molecule has 1 saturated heterocycles. The molecule has 3 rings (SSSR count). The standard InChI is InChI=1S/C14H19N3S.ClH/c1-10-8-15-5-6-17(10)9-12-3-4-13-14(7-12)18-11(2)16-13;/h3-4,7,10,15H,5-6,8-9H2,1-2H3;1H/t10-;/m1./s1. The molecule has 104 valence electrons. The average molecular weight is 298 g/mol. The Balaban J connectivity index is 0.00000133. The molecule has 1 N–H and O–H groups in total. The van der Waals surface area contributed by atoms with E-state index in [9.17, 15) is 0 Å². The molecule has 1 aromatic carbocycles. The number of nitrogens with zero attached hydrogens (tertiary/aromatic N) is 2. The molecule has 1 aliphatic rings. The van der Waals surface area contributed by atoms with E-state index in [-0.39, 0.29) is 12.4 Å². The highest BCUT2D eigenvalue weighted by Crippen LogP contribution is 2.23. The summed E-state index contributed by atoms with van der Waals surface area (Å²) in [7, 11) is 0. The summed E-state index contributed by atoms with van der Waals surface area (Å²) in [5.41, 5.74) is 2.54. The molecule has 5 heteroatoms. The summed E-state index contributed by atoms with van der Waals surface area (Å²) < 4.78 is 1.31. The van der Waals surface area contributed by atoms with Crippen molar-refractivity contribution in [1.29, 1.82) is 0 Å². The monoisotopic (exact) mass is 297 g/mol. The fourth-order valence-corrected chi connectivity index (χ4v) is 3.43. The molecule has 0 saturated carbocycles. The first-order valence-corrected chi connectivity index (χ1v) is 7.35. The smallest absolute Gasteiger partial charge is 0.0907 e. The molecule has 0 spiro atoms. The maximum absolute atomic E-state index is 4.51. The Hall–Kier alpha value is -0.680. The highest BCUT2D eigenvalue weighted by molar-refractivity contribution is 7.18. The van der Waals surface area contributed by atoms with Gasteiger partial charge in [0.1, 0.15) is 0 Å². The maximum Gasteiger partial charge on any atom is 0.0907 e. The molecular formula is C14H20ClN3S. The van der Waals surface area contributed by atoms with Crippen molar-refractivity contribution in [3.8, 4) is 0 Å². The van der Waals surface area contributed by atoms with Crippen molar-refractivity contribution < 1.29 is 0 Å². The quantitative estimate of drug-likeness (QED) is 0.924. The zero-order valence-electron chi connectivity index (χ0n) is 11.3. The average Bonchev–Trinajstić information content (AvgIpc) is 2.71. The maximum atomic E-state index is 4.51. The number of rotatable bonds is 2. The Morgan fingerprint density at radius 3 is 3.11 bits per heavy atom. The van der Waals surface area contributed by atoms with Crippen LogP contribution >= 0.6 is 23.7 Å². The minimum absolute atomic E-state index is 0. The Morgan fingerprint density at radius 1 is 1.47 bits per heavy atom. The fraction of sp³-hybridized carbons (Fsp3) is 0.500. The number of nitrogens with one attached hydrogen (secondary N) is 1. The van der Waals surface area contributed by atoms with Crippen LogP contribution in [0.15, 0.2) is 18.2 Å². The molecule has 1 aliphatic heterocycles. The highest BCUT2D eigenvalue weighted by Gasteiger charge is 2.17. The van der Waals surface area contributed by atoms with Crippen LogP contribution in [0.5, 0.6) is 0 Å². The summed E-state index contributed by atoms with van der Waals surface area (Å²) in [5, 5.41) is 4.58. The summed E-state index contributed by atoms with van der Waals surface area (Å²) >= 11 is 1.79. The van der Waals surface area contributed by atoms with Crippen molar-refractivity contribution in [3.63, 3.8) is 0 Å². The van der Waals surface area contributed by atoms with Crippen LogP contribution in [-0.4, -0.2) is 35.6 Å². The van der Waals surface area contributed by atoms with Gasteiger partial charge in [-0.05, 0) is 31.5 Å². The van der Waals surface area contributed by atoms with Crippen LogP contribution in [0.1, 0.15) is 17.5 Å². The second-order valence-corrected chi connectivity index (χ2v) is 6.29. The van der Waals surface area contributed by atoms with E-state index in [1.807, 2.05) is 0 Å². The molecule has 0 radical (unpaired) electrons. The van der Waals surface area contributed by atoms with Gasteiger partial charge < -0.3 is 5.32 Å². The van der Waals surface area contributed by atoms with Crippen molar-refractivity contribution >= 4 is 34.0 Å². The fourth-order valence-electron chi connectivity index (χ4n) is 2.54. The van der Waals surface area contributed by atoms with Crippen LogP contribution in [0.25, 0.3) is 10.2 Å². The van der Waals surface area contributed by atoms with Crippen molar-refractivity contribution in [1.82, 2.24) is 15.2 Å². The zero-order chi connectivity index (χ0) is 12.5. The lowest BCUT2D eigenvalue weighted by atomic mass is 10.1. The molecule has 2 heterocycles. The number of benzene rings is 1. The highest BCUT2D eigenvalue weighted by atomic mass is 35.5. The summed E-state index contributed by atoms with van der Waals surface area (Å²) in [5.74, 6) is 0. The van der Waals surface area contributed by atoms with Crippen LogP contribution in [0, 0.1) is 6.92 Å². The van der Waals surface area contributed by atoms with E-state index >= 15 is 0 Å². The third kappa shape index (κ3) is 3.26. The van der Waals surface area contributed by atoms with Crippen LogP contribution in [0.4, 0.5) is 0 Å². The first kappa shape index (κ1) is 14.7. The molecule has 19 heavy (non-hydrogen) atoms. The summed E-state index contributed by atoms with van der Waals surface area (Å²) in [6.07, 6.45) is 0. The van der Waals surface area contributed by atoms with Gasteiger partial charge in [0.05, 0.1) is 15.2 Å². The number of halogens is 1. The first-order chi connectivity index (χ1) is 8.72. The van der Waals surface area contributed by atoms with E-state index in [1.54, 1.807) is 11.3 Å². The van der Waals surface area contributed by atoms with E-state index in [1.165, 1.54) is 10.3 Å². The predicted octanol–water partition coefficient (Wildman–Crippen LogP) is 2.82. The van der Waals surface area contributed by atoms with Gasteiger partial charge in [-0.3, -0.25) is 4.90 Å². The molecule has 1 aromatic heterocycles. The van der Waals surface area contributed by atoms with Crippen LogP contribution in [-0.2, 0) is 6.54 Å². The third-order valence-corrected chi connectivity index (χ3v) is 4.52. The van der Waals surface area contributed by atoms with Crippen LogP contribution < -0.4 is 5.32 Å². The van der Waals surface area contributed by atoms with Gasteiger partial charge in [-0.15, -0.1) is 23.7 Å². The van der Waals surface area contributed by atoms with Gasteiger partial charge in [-0.25, -0.2) is 4.98 Å². The Labute approximate surface area is 124 Å². The molecule has 0 amide bonds. The van der Waals surface area contributed by atoms with E-state index < -0.39 is 0 Å². The summed E-state index contributed by atoms with van der Waals surface area (Å²) in [4.78, 5) is 7.06. The SMILES string of the molecule is Cc1nc2ccc(CN3CCNC[C@H]3C)cc2s1.Cl. The predicted molar refractivity (Wildman–Crippen MR) is 84.3 cm³/mol. The topological polar surface area (TPSA) is 28.2 Å². The first-order valence-electron chi connectivity index (χ1n) is 6.53. The minimum atomic E-state index is 0. The van der Waals surface area contributed by atoms with Gasteiger partial charge in [0.15, 0.2) is 0 Å². The summed E-state index contributed by atoms with van der Waals surface area (Å²) in [6.45, 7) is 8.76. The Morgan fingerprint density at radius 2 is 2.32 bits per heavy atom.